The monoisotopic (exact) mass is 518 g/mol. The Morgan fingerprint density at radius 3 is 2.80 bits per heavy atom. The first-order valence-electron chi connectivity index (χ1n) is 11.5. The van der Waals surface area contributed by atoms with Crippen molar-refractivity contribution in [3.63, 3.8) is 0 Å². The number of anilines is 1. The molecular weight excluding hydrogens is 488 g/mol. The van der Waals surface area contributed by atoms with E-state index in [0.29, 0.717) is 39.4 Å². The van der Waals surface area contributed by atoms with Crippen LogP contribution in [-0.4, -0.2) is 46.0 Å². The molecule has 2 N–H and O–H groups in total. The number of amides is 1. The van der Waals surface area contributed by atoms with Gasteiger partial charge in [0.05, 0.1) is 26.0 Å². The zero-order valence-corrected chi connectivity index (χ0v) is 21.9. The molecule has 10 heteroatoms. The molecule has 1 amide bonds. The van der Waals surface area contributed by atoms with Crippen LogP contribution in [0, 0.1) is 5.92 Å². The third kappa shape index (κ3) is 7.37. The van der Waals surface area contributed by atoms with Crippen molar-refractivity contribution >= 4 is 39.5 Å². The molecule has 0 bridgehead atoms. The molecule has 188 valence electrons. The summed E-state index contributed by atoms with van der Waals surface area (Å²) in [5, 5.41) is 21.8. The number of methoxy groups -OCH3 is 1. The Morgan fingerprint density at radius 2 is 2.14 bits per heavy atom. The van der Waals surface area contributed by atoms with Gasteiger partial charge in [0.1, 0.15) is 10.9 Å². The average molecular weight is 519 g/mol. The molecule has 8 nitrogen and oxygen atoms in total. The number of aliphatic hydroxyl groups excluding tert-OH is 1. The molecule has 2 heterocycles. The van der Waals surface area contributed by atoms with Gasteiger partial charge in [-0.15, -0.1) is 5.10 Å². The minimum atomic E-state index is -0.355. The largest absolute Gasteiger partial charge is 0.494 e. The molecule has 0 saturated heterocycles. The number of carbonyl (C=O) groups is 1. The van der Waals surface area contributed by atoms with Crippen LogP contribution in [0.3, 0.4) is 0 Å². The molecule has 1 fully saturated rings. The Morgan fingerprint density at radius 1 is 1.34 bits per heavy atom. The van der Waals surface area contributed by atoms with Gasteiger partial charge in [-0.1, -0.05) is 53.8 Å². The fraction of sp³-hybridized carbons (Fsp3) is 0.440. The quantitative estimate of drug-likeness (QED) is 0.244. The minimum absolute atomic E-state index is 0.0967. The van der Waals surface area contributed by atoms with Gasteiger partial charge in [0.25, 0.3) is 11.1 Å². The van der Waals surface area contributed by atoms with Gasteiger partial charge in [0.15, 0.2) is 0 Å². The van der Waals surface area contributed by atoms with Gasteiger partial charge >= 0.3 is 0 Å². The molecule has 2 aromatic rings. The second-order valence-corrected chi connectivity index (χ2v) is 9.79. The Labute approximate surface area is 214 Å². The molecule has 1 aliphatic carbocycles. The fourth-order valence-electron chi connectivity index (χ4n) is 3.78. The summed E-state index contributed by atoms with van der Waals surface area (Å²) in [5.41, 5.74) is 2.70. The molecule has 1 aliphatic rings. The Balaban J connectivity index is 1.90. The average Bonchev–Trinajstić information content (AvgIpc) is 3.45. The van der Waals surface area contributed by atoms with Gasteiger partial charge in [0.2, 0.25) is 5.13 Å². The van der Waals surface area contributed by atoms with Crippen molar-refractivity contribution in [2.45, 2.75) is 52.6 Å². The van der Waals surface area contributed by atoms with Gasteiger partial charge in [-0.3, -0.25) is 10.1 Å². The molecule has 1 saturated carbocycles. The highest BCUT2D eigenvalue weighted by Gasteiger charge is 2.26. The van der Waals surface area contributed by atoms with Gasteiger partial charge in [0, 0.05) is 17.1 Å². The SMILES string of the molecule is CC/C=C/C(C(=O)Nc1nnc(OCC2CCCC2O)s1)=C(\C=C(C)C)c1cc(Cl)ncc1OC. The summed E-state index contributed by atoms with van der Waals surface area (Å²) in [7, 11) is 1.55. The van der Waals surface area contributed by atoms with Gasteiger partial charge in [-0.2, -0.15) is 0 Å². The zero-order chi connectivity index (χ0) is 25.4. The molecule has 0 radical (unpaired) electrons. The van der Waals surface area contributed by atoms with Gasteiger partial charge < -0.3 is 14.6 Å². The second kappa shape index (κ2) is 12.8. The van der Waals surface area contributed by atoms with Crippen LogP contribution in [0.4, 0.5) is 5.13 Å². The van der Waals surface area contributed by atoms with E-state index in [1.165, 1.54) is 6.20 Å². The molecule has 0 spiro atoms. The third-order valence-electron chi connectivity index (χ3n) is 5.50. The van der Waals surface area contributed by atoms with Crippen molar-refractivity contribution in [2.24, 2.45) is 5.92 Å². The minimum Gasteiger partial charge on any atom is -0.494 e. The van der Waals surface area contributed by atoms with E-state index < -0.39 is 0 Å². The Bertz CT molecular complexity index is 1120. The first-order chi connectivity index (χ1) is 16.8. The van der Waals surface area contributed by atoms with E-state index in [1.807, 2.05) is 32.9 Å². The first-order valence-corrected chi connectivity index (χ1v) is 12.7. The number of hydrogen-bond donors (Lipinski definition) is 2. The maximum absolute atomic E-state index is 13.4. The Kier molecular flexibility index (Phi) is 9.83. The molecule has 35 heavy (non-hydrogen) atoms. The summed E-state index contributed by atoms with van der Waals surface area (Å²) in [6, 6.07) is 1.68. The summed E-state index contributed by atoms with van der Waals surface area (Å²) in [5.74, 6) is 0.239. The fourth-order valence-corrected chi connectivity index (χ4v) is 4.53. The highest BCUT2D eigenvalue weighted by molar-refractivity contribution is 7.17. The second-order valence-electron chi connectivity index (χ2n) is 8.46. The van der Waals surface area contributed by atoms with Crippen LogP contribution in [0.1, 0.15) is 52.0 Å². The van der Waals surface area contributed by atoms with Crippen LogP contribution < -0.4 is 14.8 Å². The maximum Gasteiger partial charge on any atom is 0.295 e. The van der Waals surface area contributed by atoms with Crippen LogP contribution in [0.5, 0.6) is 10.9 Å². The van der Waals surface area contributed by atoms with Crippen molar-refractivity contribution in [1.29, 1.82) is 0 Å². The summed E-state index contributed by atoms with van der Waals surface area (Å²) in [4.78, 5) is 17.5. The molecule has 2 atom stereocenters. The summed E-state index contributed by atoms with van der Waals surface area (Å²) < 4.78 is 11.2. The number of ether oxygens (including phenoxy) is 2. The van der Waals surface area contributed by atoms with Gasteiger partial charge in [-0.25, -0.2) is 4.98 Å². The van der Waals surface area contributed by atoms with E-state index >= 15 is 0 Å². The number of pyridine rings is 1. The molecule has 2 aromatic heterocycles. The Hall–Kier alpha value is -2.75. The lowest BCUT2D eigenvalue weighted by molar-refractivity contribution is -0.112. The molecule has 2 unspecified atom stereocenters. The number of halogens is 1. The number of allylic oxidation sites excluding steroid dienone is 4. The number of nitrogens with one attached hydrogen (secondary N) is 1. The van der Waals surface area contributed by atoms with Crippen LogP contribution in [0.15, 0.2) is 41.6 Å². The van der Waals surface area contributed by atoms with E-state index in [2.05, 4.69) is 20.5 Å². The number of aromatic nitrogens is 3. The normalized spacial score (nSPS) is 18.3. The lowest BCUT2D eigenvalue weighted by Gasteiger charge is -2.14. The topological polar surface area (TPSA) is 106 Å². The summed E-state index contributed by atoms with van der Waals surface area (Å²) in [6.07, 6.45) is 10.3. The number of hydrogen-bond acceptors (Lipinski definition) is 8. The lowest BCUT2D eigenvalue weighted by atomic mass is 9.96. The van der Waals surface area contributed by atoms with Crippen molar-refractivity contribution in [3.05, 3.63) is 52.4 Å². The van der Waals surface area contributed by atoms with E-state index in [9.17, 15) is 9.90 Å². The summed E-state index contributed by atoms with van der Waals surface area (Å²) >= 11 is 7.33. The number of rotatable bonds is 10. The van der Waals surface area contributed by atoms with Crippen molar-refractivity contribution in [2.75, 3.05) is 19.0 Å². The van der Waals surface area contributed by atoms with Crippen molar-refractivity contribution in [3.8, 4) is 10.9 Å². The van der Waals surface area contributed by atoms with E-state index in [1.54, 1.807) is 19.3 Å². The standard InChI is InChI=1S/C25H31ClN4O4S/c1-5-6-9-17(18(11-15(2)3)19-12-22(26)27-13-21(19)33-4)23(32)28-24-29-30-25(35-24)34-14-16-8-7-10-20(16)31/h6,9,11-13,16,20,31H,5,7-8,10,14H2,1-4H3,(H,28,29,32)/b9-6+,18-17-. The van der Waals surface area contributed by atoms with E-state index in [-0.39, 0.29) is 23.1 Å². The van der Waals surface area contributed by atoms with Crippen molar-refractivity contribution < 1.29 is 19.4 Å². The zero-order valence-electron chi connectivity index (χ0n) is 20.4. The van der Waals surface area contributed by atoms with Crippen LogP contribution in [0.25, 0.3) is 5.57 Å². The van der Waals surface area contributed by atoms with Crippen LogP contribution in [-0.2, 0) is 4.79 Å². The van der Waals surface area contributed by atoms with Crippen molar-refractivity contribution in [1.82, 2.24) is 15.2 Å². The summed E-state index contributed by atoms with van der Waals surface area (Å²) in [6.45, 7) is 6.27. The number of aliphatic hydroxyl groups is 1. The smallest absolute Gasteiger partial charge is 0.295 e. The number of carbonyl (C=O) groups excluding carboxylic acids is 1. The molecule has 0 aliphatic heterocycles. The van der Waals surface area contributed by atoms with Gasteiger partial charge in [-0.05, 0) is 56.1 Å². The maximum atomic E-state index is 13.4. The predicted molar refractivity (Wildman–Crippen MR) is 139 cm³/mol. The lowest BCUT2D eigenvalue weighted by Crippen LogP contribution is -2.20. The van der Waals surface area contributed by atoms with E-state index in [4.69, 9.17) is 21.1 Å². The first kappa shape index (κ1) is 26.8. The van der Waals surface area contributed by atoms with Crippen LogP contribution in [0.2, 0.25) is 5.15 Å². The predicted octanol–water partition coefficient (Wildman–Crippen LogP) is 5.46. The highest BCUT2D eigenvalue weighted by atomic mass is 35.5. The third-order valence-corrected chi connectivity index (χ3v) is 6.46. The molecule has 3 rings (SSSR count). The molecule has 0 aromatic carbocycles. The number of nitrogens with zero attached hydrogens (tertiary/aromatic N) is 3. The highest BCUT2D eigenvalue weighted by Crippen LogP contribution is 2.33. The van der Waals surface area contributed by atoms with E-state index in [0.717, 1.165) is 42.6 Å². The molecular formula is C25H31ClN4O4S. The van der Waals surface area contributed by atoms with Crippen LogP contribution >= 0.6 is 22.9 Å².